The number of guanidine groups is 1. The van der Waals surface area contributed by atoms with Crippen molar-refractivity contribution in [2.24, 2.45) is 4.99 Å². The van der Waals surface area contributed by atoms with E-state index in [4.69, 9.17) is 11.6 Å². The molecule has 0 spiro atoms. The van der Waals surface area contributed by atoms with Crippen LogP contribution in [0.4, 0.5) is 10.1 Å². The summed E-state index contributed by atoms with van der Waals surface area (Å²) in [6.45, 7) is 6.42. The Morgan fingerprint density at radius 3 is 2.50 bits per heavy atom. The van der Waals surface area contributed by atoms with E-state index in [0.29, 0.717) is 12.0 Å². The third kappa shape index (κ3) is 7.12. The Morgan fingerprint density at radius 2 is 1.83 bits per heavy atom. The Balaban J connectivity index is 1.38. The van der Waals surface area contributed by atoms with Crippen LogP contribution >= 0.6 is 27.5 Å². The van der Waals surface area contributed by atoms with Crippen molar-refractivity contribution in [1.29, 1.82) is 0 Å². The van der Waals surface area contributed by atoms with Gasteiger partial charge in [-0.1, -0.05) is 27.5 Å². The van der Waals surface area contributed by atoms with Crippen LogP contribution in [-0.4, -0.2) is 52.6 Å². The van der Waals surface area contributed by atoms with Crippen LogP contribution in [0.3, 0.4) is 0 Å². The largest absolute Gasteiger partial charge is 0.369 e. The van der Waals surface area contributed by atoms with Crippen LogP contribution in [0.15, 0.2) is 44.7 Å². The number of piperidine rings is 1. The molecular formula is C25H32BrClFN5O2S. The monoisotopic (exact) mass is 599 g/mol. The fraction of sp³-hybridized carbons (Fsp3) is 0.480. The zero-order chi connectivity index (χ0) is 25.9. The molecule has 2 aliphatic rings. The summed E-state index contributed by atoms with van der Waals surface area (Å²) in [4.78, 5) is 6.61. The molecule has 2 aromatic rings. The molecule has 1 atom stereocenters. The van der Waals surface area contributed by atoms with E-state index in [-0.39, 0.29) is 24.2 Å². The molecule has 4 rings (SSSR count). The van der Waals surface area contributed by atoms with Gasteiger partial charge in [-0.3, -0.25) is 4.99 Å². The minimum Gasteiger partial charge on any atom is -0.369 e. The molecular weight excluding hydrogens is 569 g/mol. The molecule has 2 aromatic carbocycles. The second-order valence-electron chi connectivity index (χ2n) is 9.44. The molecule has 1 saturated carbocycles. The van der Waals surface area contributed by atoms with E-state index in [1.54, 1.807) is 0 Å². The summed E-state index contributed by atoms with van der Waals surface area (Å²) in [5.41, 5.74) is 3.77. The third-order valence-electron chi connectivity index (χ3n) is 6.31. The maximum absolute atomic E-state index is 14.1. The average Bonchev–Trinajstić information content (AvgIpc) is 3.60. The normalized spacial score (nSPS) is 18.9. The number of benzene rings is 2. The summed E-state index contributed by atoms with van der Waals surface area (Å²) in [7, 11) is -4.00. The highest BCUT2D eigenvalue weighted by Gasteiger charge is 2.26. The van der Waals surface area contributed by atoms with Crippen molar-refractivity contribution in [3.05, 3.63) is 56.8 Å². The van der Waals surface area contributed by atoms with Crippen molar-refractivity contribution in [3.63, 3.8) is 0 Å². The van der Waals surface area contributed by atoms with Gasteiger partial charge in [0.15, 0.2) is 5.96 Å². The summed E-state index contributed by atoms with van der Waals surface area (Å²) in [6.07, 6.45) is 4.28. The quantitative estimate of drug-likeness (QED) is 0.236. The first-order chi connectivity index (χ1) is 17.1. The average molecular weight is 601 g/mol. The van der Waals surface area contributed by atoms with Gasteiger partial charge in [0.1, 0.15) is 10.7 Å². The molecule has 11 heteroatoms. The van der Waals surface area contributed by atoms with E-state index in [9.17, 15) is 12.8 Å². The van der Waals surface area contributed by atoms with Crippen molar-refractivity contribution in [1.82, 2.24) is 15.4 Å². The van der Waals surface area contributed by atoms with Crippen LogP contribution in [0.2, 0.25) is 5.02 Å². The van der Waals surface area contributed by atoms with Gasteiger partial charge >= 0.3 is 0 Å². The van der Waals surface area contributed by atoms with Gasteiger partial charge in [0.25, 0.3) is 0 Å². The van der Waals surface area contributed by atoms with Gasteiger partial charge in [-0.05, 0) is 81.0 Å². The number of anilines is 1. The Kier molecular flexibility index (Phi) is 8.80. The molecule has 0 amide bonds. The van der Waals surface area contributed by atoms with Crippen molar-refractivity contribution >= 4 is 49.2 Å². The SMILES string of the molecule is Cc1cc(Br)cc(C)c1N1CCCC(NC(=NCCNS(=O)(=O)c2ccc(Cl)cc2F)NC2CC2)C1. The number of aryl methyl sites for hydroxylation is 2. The van der Waals surface area contributed by atoms with Gasteiger partial charge in [-0.25, -0.2) is 17.5 Å². The molecule has 3 N–H and O–H groups in total. The van der Waals surface area contributed by atoms with Crippen LogP contribution < -0.4 is 20.3 Å². The van der Waals surface area contributed by atoms with Gasteiger partial charge in [-0.2, -0.15) is 0 Å². The number of halogens is 3. The van der Waals surface area contributed by atoms with Gasteiger partial charge in [0, 0.05) is 46.9 Å². The highest BCUT2D eigenvalue weighted by atomic mass is 79.9. The lowest BCUT2D eigenvalue weighted by atomic mass is 10.0. The predicted molar refractivity (Wildman–Crippen MR) is 147 cm³/mol. The molecule has 1 aliphatic heterocycles. The van der Waals surface area contributed by atoms with Gasteiger partial charge in [-0.15, -0.1) is 0 Å². The molecule has 0 bridgehead atoms. The molecule has 1 saturated heterocycles. The van der Waals surface area contributed by atoms with E-state index in [1.165, 1.54) is 22.9 Å². The van der Waals surface area contributed by atoms with Crippen LogP contribution in [0.25, 0.3) is 0 Å². The van der Waals surface area contributed by atoms with Gasteiger partial charge in [0.05, 0.1) is 6.54 Å². The second kappa shape index (κ2) is 11.7. The number of nitrogens with one attached hydrogen (secondary N) is 3. The number of nitrogens with zero attached hydrogens (tertiary/aromatic N) is 2. The smallest absolute Gasteiger partial charge is 0.243 e. The molecule has 36 heavy (non-hydrogen) atoms. The highest BCUT2D eigenvalue weighted by molar-refractivity contribution is 9.10. The van der Waals surface area contributed by atoms with Crippen molar-refractivity contribution in [2.75, 3.05) is 31.1 Å². The predicted octanol–water partition coefficient (Wildman–Crippen LogP) is 4.50. The lowest BCUT2D eigenvalue weighted by Crippen LogP contribution is -2.52. The Labute approximate surface area is 226 Å². The van der Waals surface area contributed by atoms with Crippen LogP contribution in [0.5, 0.6) is 0 Å². The topological polar surface area (TPSA) is 85.8 Å². The van der Waals surface area contributed by atoms with Crippen molar-refractivity contribution < 1.29 is 12.8 Å². The van der Waals surface area contributed by atoms with E-state index in [2.05, 4.69) is 67.2 Å². The number of hydrogen-bond donors (Lipinski definition) is 3. The molecule has 1 heterocycles. The summed E-state index contributed by atoms with van der Waals surface area (Å²) in [5.74, 6) is -0.195. The Hall–Kier alpha value is -1.88. The zero-order valence-corrected chi connectivity index (χ0v) is 23.6. The number of hydrogen-bond acceptors (Lipinski definition) is 4. The molecule has 0 radical (unpaired) electrons. The lowest BCUT2D eigenvalue weighted by molar-refractivity contribution is 0.466. The second-order valence-corrected chi connectivity index (χ2v) is 12.5. The summed E-state index contributed by atoms with van der Waals surface area (Å²) < 4.78 is 42.5. The highest BCUT2D eigenvalue weighted by Crippen LogP contribution is 2.30. The third-order valence-corrected chi connectivity index (χ3v) is 8.50. The van der Waals surface area contributed by atoms with Gasteiger partial charge < -0.3 is 15.5 Å². The van der Waals surface area contributed by atoms with Crippen LogP contribution in [0, 0.1) is 19.7 Å². The fourth-order valence-corrected chi connectivity index (χ4v) is 6.49. The van der Waals surface area contributed by atoms with E-state index in [0.717, 1.165) is 55.4 Å². The minimum atomic E-state index is -4.00. The molecule has 7 nitrogen and oxygen atoms in total. The molecule has 2 fully saturated rings. The fourth-order valence-electron chi connectivity index (χ4n) is 4.57. The Bertz CT molecular complexity index is 1220. The Morgan fingerprint density at radius 1 is 1.14 bits per heavy atom. The molecule has 1 aliphatic carbocycles. The van der Waals surface area contributed by atoms with Crippen LogP contribution in [0.1, 0.15) is 36.8 Å². The summed E-state index contributed by atoms with van der Waals surface area (Å²) in [5, 5.41) is 7.13. The molecule has 196 valence electrons. The van der Waals surface area contributed by atoms with Gasteiger partial charge in [0.2, 0.25) is 10.0 Å². The first-order valence-corrected chi connectivity index (χ1v) is 14.8. The van der Waals surface area contributed by atoms with Crippen molar-refractivity contribution in [3.8, 4) is 0 Å². The zero-order valence-electron chi connectivity index (χ0n) is 20.5. The summed E-state index contributed by atoms with van der Waals surface area (Å²) in [6, 6.07) is 8.41. The molecule has 1 unspecified atom stereocenters. The van der Waals surface area contributed by atoms with E-state index < -0.39 is 20.7 Å². The van der Waals surface area contributed by atoms with Crippen LogP contribution in [-0.2, 0) is 10.0 Å². The first-order valence-electron chi connectivity index (χ1n) is 12.2. The first kappa shape index (κ1) is 27.2. The number of sulfonamides is 1. The molecule has 0 aromatic heterocycles. The maximum atomic E-state index is 14.1. The standard InChI is InChI=1S/C25H32BrClFN5O2S/c1-16-12-18(26)13-17(2)24(16)33-11-3-4-21(15-33)32-25(31-20-6-7-20)29-9-10-30-36(34,35)23-8-5-19(27)14-22(23)28/h5,8,12-14,20-21,30H,3-4,6-7,9-11,15H2,1-2H3,(H2,29,31,32). The lowest BCUT2D eigenvalue weighted by Gasteiger charge is -2.37. The number of rotatable bonds is 8. The van der Waals surface area contributed by atoms with E-state index in [1.807, 2.05) is 0 Å². The van der Waals surface area contributed by atoms with E-state index >= 15 is 0 Å². The maximum Gasteiger partial charge on any atom is 0.243 e. The number of aliphatic imine (C=N–C) groups is 1. The van der Waals surface area contributed by atoms with Crippen molar-refractivity contribution in [2.45, 2.75) is 56.5 Å². The minimum absolute atomic E-state index is 0.0516. The summed E-state index contributed by atoms with van der Waals surface area (Å²) >= 11 is 9.31.